The van der Waals surface area contributed by atoms with Crippen LogP contribution in [0.4, 0.5) is 0 Å². The number of hydrogen-bond donors (Lipinski definition) is 2. The average Bonchev–Trinajstić information content (AvgIpc) is 3.02. The molecule has 0 heterocycles. The summed E-state index contributed by atoms with van der Waals surface area (Å²) in [4.78, 5) is 23.0. The summed E-state index contributed by atoms with van der Waals surface area (Å²) in [6, 6.07) is 33.8. The van der Waals surface area contributed by atoms with Crippen molar-refractivity contribution >= 4 is 11.9 Å². The summed E-state index contributed by atoms with van der Waals surface area (Å²) in [5, 5.41) is 11.4. The third-order valence-electron chi connectivity index (χ3n) is 7.06. The second-order valence-electron chi connectivity index (χ2n) is 10.3. The van der Waals surface area contributed by atoms with Crippen molar-refractivity contribution < 1.29 is 24.2 Å². The molecule has 1 amide bonds. The van der Waals surface area contributed by atoms with Crippen LogP contribution in [-0.2, 0) is 11.4 Å². The van der Waals surface area contributed by atoms with Gasteiger partial charge >= 0.3 is 5.97 Å². The molecule has 2 N–H and O–H groups in total. The van der Waals surface area contributed by atoms with Gasteiger partial charge in [-0.2, -0.15) is 0 Å². The largest absolute Gasteiger partial charge is 0.489 e. The molecular formula is C36H39NO5. The molecule has 4 aromatic rings. The van der Waals surface area contributed by atoms with Crippen molar-refractivity contribution in [1.82, 2.24) is 5.32 Å². The minimum Gasteiger partial charge on any atom is -0.489 e. The number of aliphatic carboxylic acids is 1. The van der Waals surface area contributed by atoms with Crippen LogP contribution in [0.25, 0.3) is 11.1 Å². The van der Waals surface area contributed by atoms with E-state index < -0.39 is 5.97 Å². The number of carboxylic acids is 1. The van der Waals surface area contributed by atoms with Crippen LogP contribution in [0.2, 0.25) is 0 Å². The predicted molar refractivity (Wildman–Crippen MR) is 166 cm³/mol. The molecule has 6 nitrogen and oxygen atoms in total. The Kier molecular flexibility index (Phi) is 11.6. The third-order valence-corrected chi connectivity index (χ3v) is 7.06. The van der Waals surface area contributed by atoms with E-state index in [1.807, 2.05) is 54.6 Å². The van der Waals surface area contributed by atoms with Crippen LogP contribution in [-0.4, -0.2) is 23.5 Å². The topological polar surface area (TPSA) is 84.9 Å². The zero-order chi connectivity index (χ0) is 29.6. The van der Waals surface area contributed by atoms with E-state index in [0.29, 0.717) is 12.2 Å². The maximum absolute atomic E-state index is 12.3. The van der Waals surface area contributed by atoms with E-state index in [0.717, 1.165) is 48.3 Å². The number of carboxylic acid groups (broad SMARTS) is 1. The van der Waals surface area contributed by atoms with E-state index in [9.17, 15) is 9.59 Å². The summed E-state index contributed by atoms with van der Waals surface area (Å²) in [7, 11) is 0. The summed E-state index contributed by atoms with van der Waals surface area (Å²) >= 11 is 0. The normalized spacial score (nSPS) is 11.5. The molecule has 218 valence electrons. The van der Waals surface area contributed by atoms with Gasteiger partial charge < -0.3 is 19.9 Å². The van der Waals surface area contributed by atoms with Crippen LogP contribution in [0.1, 0.15) is 73.0 Å². The lowest BCUT2D eigenvalue weighted by atomic mass is 10.0. The van der Waals surface area contributed by atoms with Gasteiger partial charge in [0.1, 0.15) is 24.2 Å². The molecule has 1 unspecified atom stereocenters. The van der Waals surface area contributed by atoms with Gasteiger partial charge in [-0.3, -0.25) is 9.59 Å². The van der Waals surface area contributed by atoms with E-state index in [1.54, 1.807) is 12.1 Å². The number of amides is 1. The van der Waals surface area contributed by atoms with Gasteiger partial charge in [0.25, 0.3) is 5.91 Å². The van der Waals surface area contributed by atoms with Crippen LogP contribution in [0.3, 0.4) is 0 Å². The second-order valence-corrected chi connectivity index (χ2v) is 10.3. The average molecular weight is 566 g/mol. The van der Waals surface area contributed by atoms with Crippen molar-refractivity contribution in [3.8, 4) is 22.6 Å². The van der Waals surface area contributed by atoms with Crippen molar-refractivity contribution in [1.29, 1.82) is 0 Å². The summed E-state index contributed by atoms with van der Waals surface area (Å²) in [6.45, 7) is 2.77. The SMILES string of the molecule is CCCCCCC(Oc1ccc(OCc2ccc(-c3ccccc3)cc2)cc1)c1ccc(C(=O)NCCC(=O)O)cc1. The fourth-order valence-corrected chi connectivity index (χ4v) is 4.65. The number of unbranched alkanes of at least 4 members (excludes halogenated alkanes) is 3. The molecule has 0 bridgehead atoms. The van der Waals surface area contributed by atoms with Gasteiger partial charge in [0, 0.05) is 12.1 Å². The number of rotatable bonds is 16. The smallest absolute Gasteiger partial charge is 0.305 e. The highest BCUT2D eigenvalue weighted by Gasteiger charge is 2.15. The molecule has 42 heavy (non-hydrogen) atoms. The minimum atomic E-state index is -0.942. The Hall–Kier alpha value is -4.58. The maximum atomic E-state index is 12.3. The highest BCUT2D eigenvalue weighted by molar-refractivity contribution is 5.94. The molecule has 0 aliphatic carbocycles. The number of ether oxygens (including phenoxy) is 2. The fraction of sp³-hybridized carbons (Fsp3) is 0.278. The molecule has 1 atom stereocenters. The van der Waals surface area contributed by atoms with Gasteiger partial charge in [-0.25, -0.2) is 0 Å². The van der Waals surface area contributed by atoms with E-state index in [-0.39, 0.29) is 25.0 Å². The molecular weight excluding hydrogens is 526 g/mol. The Morgan fingerprint density at radius 3 is 2.10 bits per heavy atom. The lowest BCUT2D eigenvalue weighted by Crippen LogP contribution is -2.26. The van der Waals surface area contributed by atoms with Crippen molar-refractivity contribution in [2.24, 2.45) is 0 Å². The summed E-state index contributed by atoms with van der Waals surface area (Å²) in [6.07, 6.45) is 5.13. The van der Waals surface area contributed by atoms with Gasteiger partial charge in [-0.1, -0.05) is 92.9 Å². The molecule has 0 aromatic heterocycles. The number of benzene rings is 4. The Balaban J connectivity index is 1.34. The first-order valence-corrected chi connectivity index (χ1v) is 14.7. The first-order chi connectivity index (χ1) is 20.5. The Bertz CT molecular complexity index is 1380. The highest BCUT2D eigenvalue weighted by Crippen LogP contribution is 2.29. The lowest BCUT2D eigenvalue weighted by Gasteiger charge is -2.20. The van der Waals surface area contributed by atoms with Crippen molar-refractivity contribution in [2.45, 2.75) is 58.2 Å². The lowest BCUT2D eigenvalue weighted by molar-refractivity contribution is -0.136. The quantitative estimate of drug-likeness (QED) is 0.134. The van der Waals surface area contributed by atoms with Crippen molar-refractivity contribution in [3.63, 3.8) is 0 Å². The third kappa shape index (κ3) is 9.51. The number of hydrogen-bond acceptors (Lipinski definition) is 4. The highest BCUT2D eigenvalue weighted by atomic mass is 16.5. The van der Waals surface area contributed by atoms with Gasteiger partial charge in [0.2, 0.25) is 0 Å². The fourth-order valence-electron chi connectivity index (χ4n) is 4.65. The standard InChI is InChI=1S/C36H39NO5/c1-2-3-4-8-11-34(30-16-18-31(19-17-30)36(40)37-25-24-35(38)39)42-33-22-20-32(21-23-33)41-26-27-12-14-29(15-13-27)28-9-6-5-7-10-28/h5-7,9-10,12-23,34H,2-4,8,11,24-26H2,1H3,(H,37,40)(H,38,39). The molecule has 0 saturated carbocycles. The van der Waals surface area contributed by atoms with E-state index in [2.05, 4.69) is 48.6 Å². The molecule has 0 spiro atoms. The molecule has 0 radical (unpaired) electrons. The van der Waals surface area contributed by atoms with Crippen LogP contribution >= 0.6 is 0 Å². The van der Waals surface area contributed by atoms with Crippen LogP contribution in [0.15, 0.2) is 103 Å². The first-order valence-electron chi connectivity index (χ1n) is 14.7. The molecule has 6 heteroatoms. The van der Waals surface area contributed by atoms with E-state index >= 15 is 0 Å². The monoisotopic (exact) mass is 565 g/mol. The molecule has 4 rings (SSSR count). The van der Waals surface area contributed by atoms with Crippen LogP contribution in [0.5, 0.6) is 11.5 Å². The minimum absolute atomic E-state index is 0.0966. The van der Waals surface area contributed by atoms with Crippen molar-refractivity contribution in [2.75, 3.05) is 6.54 Å². The Labute approximate surface area is 248 Å². The molecule has 0 fully saturated rings. The van der Waals surface area contributed by atoms with Crippen LogP contribution in [0, 0.1) is 0 Å². The zero-order valence-corrected chi connectivity index (χ0v) is 24.1. The number of nitrogens with one attached hydrogen (secondary N) is 1. The molecule has 0 aliphatic heterocycles. The molecule has 0 aliphatic rings. The number of carbonyl (C=O) groups excluding carboxylic acids is 1. The van der Waals surface area contributed by atoms with Crippen LogP contribution < -0.4 is 14.8 Å². The van der Waals surface area contributed by atoms with Gasteiger partial charge in [-0.15, -0.1) is 0 Å². The van der Waals surface area contributed by atoms with E-state index in [1.165, 1.54) is 17.5 Å². The maximum Gasteiger partial charge on any atom is 0.305 e. The summed E-state index contributed by atoms with van der Waals surface area (Å²) < 4.78 is 12.4. The van der Waals surface area contributed by atoms with Gasteiger partial charge in [-0.05, 0) is 71.5 Å². The van der Waals surface area contributed by atoms with Gasteiger partial charge in [0.05, 0.1) is 6.42 Å². The number of carbonyl (C=O) groups is 2. The van der Waals surface area contributed by atoms with E-state index in [4.69, 9.17) is 14.6 Å². The summed E-state index contributed by atoms with van der Waals surface area (Å²) in [5.74, 6) is 0.297. The molecule has 4 aromatic carbocycles. The molecule has 0 saturated heterocycles. The Morgan fingerprint density at radius 2 is 1.43 bits per heavy atom. The van der Waals surface area contributed by atoms with Crippen molar-refractivity contribution in [3.05, 3.63) is 120 Å². The predicted octanol–water partition coefficient (Wildman–Crippen LogP) is 8.23. The Morgan fingerprint density at radius 1 is 0.762 bits per heavy atom. The summed E-state index contributed by atoms with van der Waals surface area (Å²) in [5.41, 5.74) is 4.96. The van der Waals surface area contributed by atoms with Gasteiger partial charge in [0.15, 0.2) is 0 Å². The first kappa shape index (κ1) is 30.4. The zero-order valence-electron chi connectivity index (χ0n) is 24.1. The second kappa shape index (κ2) is 16.0.